The Hall–Kier alpha value is -1.14. The molecule has 0 saturated heterocycles. The molecule has 0 amide bonds. The first-order chi connectivity index (χ1) is 9.82. The Morgan fingerprint density at radius 2 is 1.24 bits per heavy atom. The number of halogens is 7. The van der Waals surface area contributed by atoms with Crippen LogP contribution in [0.5, 0.6) is 0 Å². The van der Waals surface area contributed by atoms with Gasteiger partial charge in [0.2, 0.25) is 5.82 Å². The van der Waals surface area contributed by atoms with Crippen LogP contribution in [0.25, 0.3) is 0 Å². The summed E-state index contributed by atoms with van der Waals surface area (Å²) in [7, 11) is 0. The monoisotopic (exact) mass is 384 g/mol. The maximum Gasteiger partial charge on any atom is 0.200 e. The van der Waals surface area contributed by atoms with Gasteiger partial charge in [-0.15, -0.1) is 11.6 Å². The van der Waals surface area contributed by atoms with Crippen LogP contribution < -0.4 is 0 Å². The Morgan fingerprint density at radius 1 is 0.810 bits per heavy atom. The first-order valence-electron chi connectivity index (χ1n) is 5.72. The summed E-state index contributed by atoms with van der Waals surface area (Å²) in [5.41, 5.74) is -0.418. The highest BCUT2D eigenvalue weighted by Crippen LogP contribution is 2.33. The van der Waals surface area contributed by atoms with E-state index >= 15 is 0 Å². The fourth-order valence-electron chi connectivity index (χ4n) is 1.83. The standard InChI is InChI=1S/C14H7BrClF5/c15-7-3-1-6(2-4-7)5-8(16)9-10(17)12(19)14(21)13(20)11(9)18/h1-4,8H,5H2. The van der Waals surface area contributed by atoms with Crippen molar-refractivity contribution in [2.45, 2.75) is 11.8 Å². The van der Waals surface area contributed by atoms with E-state index in [2.05, 4.69) is 15.9 Å². The molecular formula is C14H7BrClF5. The first kappa shape index (κ1) is 16.2. The van der Waals surface area contributed by atoms with Gasteiger partial charge in [0, 0.05) is 10.0 Å². The van der Waals surface area contributed by atoms with Crippen molar-refractivity contribution in [2.75, 3.05) is 0 Å². The highest BCUT2D eigenvalue weighted by molar-refractivity contribution is 9.10. The quantitative estimate of drug-likeness (QED) is 0.276. The van der Waals surface area contributed by atoms with Gasteiger partial charge in [0.15, 0.2) is 23.3 Å². The molecule has 0 fully saturated rings. The number of alkyl halides is 1. The molecule has 1 atom stereocenters. The number of benzene rings is 2. The smallest absolute Gasteiger partial charge is 0.200 e. The summed E-state index contributed by atoms with van der Waals surface area (Å²) in [6, 6.07) is 6.62. The molecule has 2 rings (SSSR count). The largest absolute Gasteiger partial charge is 0.203 e. The molecule has 0 spiro atoms. The Morgan fingerprint density at radius 3 is 1.71 bits per heavy atom. The van der Waals surface area contributed by atoms with Crippen LogP contribution in [0.4, 0.5) is 22.0 Å². The van der Waals surface area contributed by atoms with Crippen molar-refractivity contribution in [2.24, 2.45) is 0 Å². The summed E-state index contributed by atoms with van der Waals surface area (Å²) in [6.07, 6.45) is -0.0762. The van der Waals surface area contributed by atoms with Gasteiger partial charge in [0.05, 0.1) is 5.38 Å². The molecule has 0 nitrogen and oxygen atoms in total. The lowest BCUT2D eigenvalue weighted by molar-refractivity contribution is 0.369. The van der Waals surface area contributed by atoms with Gasteiger partial charge in [-0.25, -0.2) is 22.0 Å². The summed E-state index contributed by atoms with van der Waals surface area (Å²) in [5.74, 6) is -9.98. The lowest BCUT2D eigenvalue weighted by atomic mass is 10.0. The second kappa shape index (κ2) is 6.32. The van der Waals surface area contributed by atoms with Crippen molar-refractivity contribution in [3.8, 4) is 0 Å². The normalized spacial score (nSPS) is 12.5. The Balaban J connectivity index is 2.39. The molecule has 0 saturated carbocycles. The molecule has 2 aromatic carbocycles. The van der Waals surface area contributed by atoms with Crippen molar-refractivity contribution in [3.05, 3.63) is 69.0 Å². The maximum atomic E-state index is 13.6. The van der Waals surface area contributed by atoms with Crippen molar-refractivity contribution < 1.29 is 22.0 Å². The van der Waals surface area contributed by atoms with Crippen LogP contribution in [0.2, 0.25) is 0 Å². The van der Waals surface area contributed by atoms with E-state index in [1.54, 1.807) is 24.3 Å². The predicted octanol–water partition coefficient (Wildman–Crippen LogP) is 5.67. The third-order valence-electron chi connectivity index (χ3n) is 2.89. The summed E-state index contributed by atoms with van der Waals surface area (Å²) >= 11 is 9.05. The molecule has 2 aromatic rings. The van der Waals surface area contributed by atoms with E-state index in [1.165, 1.54) is 0 Å². The molecular weight excluding hydrogens is 379 g/mol. The summed E-state index contributed by atoms with van der Waals surface area (Å²) < 4.78 is 67.2. The third-order valence-corrected chi connectivity index (χ3v) is 3.79. The minimum absolute atomic E-state index is 0.0762. The molecule has 112 valence electrons. The second-order valence-electron chi connectivity index (χ2n) is 4.28. The van der Waals surface area contributed by atoms with Crippen LogP contribution in [0, 0.1) is 29.1 Å². The molecule has 0 aliphatic carbocycles. The van der Waals surface area contributed by atoms with Gasteiger partial charge in [0.1, 0.15) is 0 Å². The maximum absolute atomic E-state index is 13.6. The fourth-order valence-corrected chi connectivity index (χ4v) is 2.46. The molecule has 0 aliphatic rings. The lowest BCUT2D eigenvalue weighted by Gasteiger charge is -2.14. The van der Waals surface area contributed by atoms with Crippen LogP contribution in [-0.4, -0.2) is 0 Å². The molecule has 0 N–H and O–H groups in total. The van der Waals surface area contributed by atoms with Crippen LogP contribution in [-0.2, 0) is 6.42 Å². The summed E-state index contributed by atoms with van der Waals surface area (Å²) in [4.78, 5) is 0. The molecule has 7 heteroatoms. The van der Waals surface area contributed by atoms with E-state index in [0.717, 1.165) is 4.47 Å². The van der Waals surface area contributed by atoms with E-state index < -0.39 is 40.0 Å². The van der Waals surface area contributed by atoms with Crippen molar-refractivity contribution in [1.29, 1.82) is 0 Å². The molecule has 0 aliphatic heterocycles. The number of rotatable bonds is 3. The first-order valence-corrected chi connectivity index (χ1v) is 6.95. The second-order valence-corrected chi connectivity index (χ2v) is 5.72. The van der Waals surface area contributed by atoms with Crippen LogP contribution >= 0.6 is 27.5 Å². The molecule has 0 radical (unpaired) electrons. The van der Waals surface area contributed by atoms with Gasteiger partial charge in [-0.1, -0.05) is 28.1 Å². The Labute approximate surface area is 130 Å². The highest BCUT2D eigenvalue weighted by Gasteiger charge is 2.29. The van der Waals surface area contributed by atoms with Gasteiger partial charge in [0.25, 0.3) is 0 Å². The lowest BCUT2D eigenvalue weighted by Crippen LogP contribution is -2.10. The van der Waals surface area contributed by atoms with Gasteiger partial charge in [-0.05, 0) is 24.1 Å². The van der Waals surface area contributed by atoms with Crippen LogP contribution in [0.1, 0.15) is 16.5 Å². The predicted molar refractivity (Wildman–Crippen MR) is 72.7 cm³/mol. The topological polar surface area (TPSA) is 0 Å². The van der Waals surface area contributed by atoms with E-state index in [4.69, 9.17) is 11.6 Å². The molecule has 0 aromatic heterocycles. The SMILES string of the molecule is Fc1c(F)c(F)c(C(Cl)Cc2ccc(Br)cc2)c(F)c1F. The highest BCUT2D eigenvalue weighted by atomic mass is 79.9. The zero-order valence-corrected chi connectivity index (χ0v) is 12.6. The van der Waals surface area contributed by atoms with Gasteiger partial charge < -0.3 is 0 Å². The number of hydrogen-bond donors (Lipinski definition) is 0. The van der Waals surface area contributed by atoms with E-state index in [0.29, 0.717) is 5.56 Å². The van der Waals surface area contributed by atoms with Gasteiger partial charge >= 0.3 is 0 Å². The Bertz CT molecular complexity index is 643. The Kier molecular flexibility index (Phi) is 4.88. The fraction of sp³-hybridized carbons (Fsp3) is 0.143. The number of hydrogen-bond acceptors (Lipinski definition) is 0. The molecule has 0 bridgehead atoms. The average molecular weight is 386 g/mol. The van der Waals surface area contributed by atoms with E-state index in [1.807, 2.05) is 0 Å². The zero-order chi connectivity index (χ0) is 15.7. The summed E-state index contributed by atoms with van der Waals surface area (Å²) in [5, 5.41) is -1.38. The van der Waals surface area contributed by atoms with Crippen molar-refractivity contribution >= 4 is 27.5 Å². The molecule has 1 unspecified atom stereocenters. The minimum Gasteiger partial charge on any atom is -0.203 e. The van der Waals surface area contributed by atoms with Gasteiger partial charge in [-0.2, -0.15) is 0 Å². The summed E-state index contributed by atoms with van der Waals surface area (Å²) in [6.45, 7) is 0. The van der Waals surface area contributed by atoms with Crippen LogP contribution in [0.3, 0.4) is 0 Å². The molecule has 21 heavy (non-hydrogen) atoms. The molecule has 0 heterocycles. The van der Waals surface area contributed by atoms with E-state index in [9.17, 15) is 22.0 Å². The van der Waals surface area contributed by atoms with Crippen molar-refractivity contribution in [3.63, 3.8) is 0 Å². The zero-order valence-electron chi connectivity index (χ0n) is 10.2. The average Bonchev–Trinajstić information content (AvgIpc) is 2.46. The van der Waals surface area contributed by atoms with Gasteiger partial charge in [-0.3, -0.25) is 0 Å². The van der Waals surface area contributed by atoms with E-state index in [-0.39, 0.29) is 6.42 Å². The third kappa shape index (κ3) is 3.21. The van der Waals surface area contributed by atoms with Crippen LogP contribution in [0.15, 0.2) is 28.7 Å². The van der Waals surface area contributed by atoms with Crippen molar-refractivity contribution in [1.82, 2.24) is 0 Å². The minimum atomic E-state index is -2.19.